The highest BCUT2D eigenvalue weighted by Crippen LogP contribution is 2.36. The van der Waals surface area contributed by atoms with E-state index in [2.05, 4.69) is 0 Å². The first-order valence-electron chi connectivity index (χ1n) is 5.07. The zero-order valence-electron chi connectivity index (χ0n) is 8.09. The van der Waals surface area contributed by atoms with Crippen LogP contribution in [0.3, 0.4) is 0 Å². The van der Waals surface area contributed by atoms with Crippen molar-refractivity contribution in [2.75, 3.05) is 20.3 Å². The van der Waals surface area contributed by atoms with Crippen LogP contribution in [0, 0.1) is 11.8 Å². The first kappa shape index (κ1) is 10.0. The molecule has 2 heteroatoms. The van der Waals surface area contributed by atoms with Gasteiger partial charge < -0.3 is 10.5 Å². The lowest BCUT2D eigenvalue weighted by atomic mass is 9.71. The van der Waals surface area contributed by atoms with Gasteiger partial charge >= 0.3 is 0 Å². The summed E-state index contributed by atoms with van der Waals surface area (Å²) in [7, 11) is 1.77. The van der Waals surface area contributed by atoms with Crippen molar-refractivity contribution in [3.8, 4) is 0 Å². The average Bonchev–Trinajstić information content (AvgIpc) is 2.03. The summed E-state index contributed by atoms with van der Waals surface area (Å²) in [6, 6.07) is 0. The molecule has 0 spiro atoms. The van der Waals surface area contributed by atoms with Crippen LogP contribution >= 0.6 is 0 Å². The van der Waals surface area contributed by atoms with Crippen LogP contribution in [0.2, 0.25) is 0 Å². The Bertz CT molecular complexity index is 114. The number of hydrogen-bond acceptors (Lipinski definition) is 2. The molecule has 1 aliphatic carbocycles. The quantitative estimate of drug-likeness (QED) is 0.618. The Morgan fingerprint density at radius 2 is 2.00 bits per heavy atom. The highest BCUT2D eigenvalue weighted by Gasteiger charge is 2.28. The Balaban J connectivity index is 1.93. The van der Waals surface area contributed by atoms with E-state index in [0.717, 1.165) is 25.0 Å². The number of methoxy groups -OCH3 is 1. The molecule has 0 saturated heterocycles. The van der Waals surface area contributed by atoms with E-state index in [1.807, 2.05) is 0 Å². The van der Waals surface area contributed by atoms with Crippen molar-refractivity contribution in [2.45, 2.75) is 32.1 Å². The average molecular weight is 171 g/mol. The van der Waals surface area contributed by atoms with Gasteiger partial charge in [0.05, 0.1) is 0 Å². The first-order valence-corrected chi connectivity index (χ1v) is 5.07. The monoisotopic (exact) mass is 171 g/mol. The molecule has 72 valence electrons. The molecule has 2 unspecified atom stereocenters. The Kier molecular flexibility index (Phi) is 4.62. The maximum absolute atomic E-state index is 5.63. The van der Waals surface area contributed by atoms with Gasteiger partial charge in [0.15, 0.2) is 0 Å². The fourth-order valence-corrected chi connectivity index (χ4v) is 1.98. The molecule has 1 rings (SSSR count). The van der Waals surface area contributed by atoms with E-state index in [9.17, 15) is 0 Å². The topological polar surface area (TPSA) is 35.2 Å². The van der Waals surface area contributed by atoms with Gasteiger partial charge in [-0.3, -0.25) is 0 Å². The van der Waals surface area contributed by atoms with Crippen LogP contribution in [0.5, 0.6) is 0 Å². The predicted octanol–water partition coefficient (Wildman–Crippen LogP) is 1.79. The summed E-state index contributed by atoms with van der Waals surface area (Å²) >= 11 is 0. The van der Waals surface area contributed by atoms with Gasteiger partial charge in [-0.2, -0.15) is 0 Å². The second-order valence-electron chi connectivity index (χ2n) is 3.82. The standard InChI is InChI=1S/C10H21NO/c1-12-7-3-2-4-9-5-6-10(9)8-11/h9-10H,2-8,11H2,1H3. The van der Waals surface area contributed by atoms with E-state index in [1.54, 1.807) is 7.11 Å². The van der Waals surface area contributed by atoms with Gasteiger partial charge in [0.25, 0.3) is 0 Å². The van der Waals surface area contributed by atoms with Gasteiger partial charge in [-0.1, -0.05) is 12.8 Å². The van der Waals surface area contributed by atoms with Gasteiger partial charge in [0, 0.05) is 13.7 Å². The number of ether oxygens (including phenoxy) is 1. The summed E-state index contributed by atoms with van der Waals surface area (Å²) in [6.45, 7) is 1.81. The largest absolute Gasteiger partial charge is 0.385 e. The molecule has 12 heavy (non-hydrogen) atoms. The highest BCUT2D eigenvalue weighted by atomic mass is 16.5. The van der Waals surface area contributed by atoms with Crippen molar-refractivity contribution >= 4 is 0 Å². The van der Waals surface area contributed by atoms with E-state index in [1.165, 1.54) is 32.1 Å². The molecule has 1 aliphatic rings. The number of rotatable bonds is 6. The van der Waals surface area contributed by atoms with Gasteiger partial charge in [0.2, 0.25) is 0 Å². The summed E-state index contributed by atoms with van der Waals surface area (Å²) in [6.07, 6.45) is 6.67. The Labute approximate surface area is 75.5 Å². The lowest BCUT2D eigenvalue weighted by Gasteiger charge is -2.35. The van der Waals surface area contributed by atoms with E-state index >= 15 is 0 Å². The van der Waals surface area contributed by atoms with Crippen LogP contribution in [0.1, 0.15) is 32.1 Å². The maximum Gasteiger partial charge on any atom is 0.0462 e. The van der Waals surface area contributed by atoms with Crippen LogP contribution in [-0.4, -0.2) is 20.3 Å². The molecule has 2 N–H and O–H groups in total. The van der Waals surface area contributed by atoms with Crippen molar-refractivity contribution in [1.82, 2.24) is 0 Å². The third-order valence-corrected chi connectivity index (χ3v) is 3.05. The molecular weight excluding hydrogens is 150 g/mol. The summed E-state index contributed by atoms with van der Waals surface area (Å²) in [4.78, 5) is 0. The summed E-state index contributed by atoms with van der Waals surface area (Å²) in [5, 5.41) is 0. The van der Waals surface area contributed by atoms with E-state index in [0.29, 0.717) is 0 Å². The molecular formula is C10H21NO. The SMILES string of the molecule is COCCCCC1CCC1CN. The van der Waals surface area contributed by atoms with Crippen LogP contribution in [0.15, 0.2) is 0 Å². The molecule has 0 aromatic rings. The Morgan fingerprint density at radius 3 is 2.50 bits per heavy atom. The van der Waals surface area contributed by atoms with Crippen LogP contribution < -0.4 is 5.73 Å². The zero-order valence-corrected chi connectivity index (χ0v) is 8.09. The molecule has 0 aliphatic heterocycles. The molecule has 2 atom stereocenters. The van der Waals surface area contributed by atoms with Gasteiger partial charge in [-0.15, -0.1) is 0 Å². The molecule has 2 nitrogen and oxygen atoms in total. The predicted molar refractivity (Wildman–Crippen MR) is 51.0 cm³/mol. The van der Waals surface area contributed by atoms with E-state index in [-0.39, 0.29) is 0 Å². The van der Waals surface area contributed by atoms with Crippen LogP contribution in [0.25, 0.3) is 0 Å². The fourth-order valence-electron chi connectivity index (χ4n) is 1.98. The lowest BCUT2D eigenvalue weighted by Crippen LogP contribution is -2.32. The normalized spacial score (nSPS) is 28.5. The van der Waals surface area contributed by atoms with Crippen molar-refractivity contribution < 1.29 is 4.74 Å². The summed E-state index contributed by atoms with van der Waals surface area (Å²) < 4.78 is 5.00. The molecule has 0 radical (unpaired) electrons. The fraction of sp³-hybridized carbons (Fsp3) is 1.00. The second kappa shape index (κ2) is 5.55. The number of hydrogen-bond donors (Lipinski definition) is 1. The number of nitrogens with two attached hydrogens (primary N) is 1. The Hall–Kier alpha value is -0.0800. The highest BCUT2D eigenvalue weighted by molar-refractivity contribution is 4.80. The van der Waals surface area contributed by atoms with Crippen molar-refractivity contribution in [3.63, 3.8) is 0 Å². The summed E-state index contributed by atoms with van der Waals surface area (Å²) in [5.74, 6) is 1.78. The molecule has 0 bridgehead atoms. The smallest absolute Gasteiger partial charge is 0.0462 e. The second-order valence-corrected chi connectivity index (χ2v) is 3.82. The van der Waals surface area contributed by atoms with E-state index in [4.69, 9.17) is 10.5 Å². The maximum atomic E-state index is 5.63. The first-order chi connectivity index (χ1) is 5.88. The molecule has 0 heterocycles. The minimum Gasteiger partial charge on any atom is -0.385 e. The molecule has 0 amide bonds. The minimum atomic E-state index is 0.840. The van der Waals surface area contributed by atoms with Crippen molar-refractivity contribution in [1.29, 1.82) is 0 Å². The van der Waals surface area contributed by atoms with Crippen LogP contribution in [-0.2, 0) is 4.74 Å². The molecule has 0 aromatic carbocycles. The molecule has 1 saturated carbocycles. The van der Waals surface area contributed by atoms with Crippen molar-refractivity contribution in [2.24, 2.45) is 17.6 Å². The number of unbranched alkanes of at least 4 members (excludes halogenated alkanes) is 1. The zero-order chi connectivity index (χ0) is 8.81. The third-order valence-electron chi connectivity index (χ3n) is 3.05. The minimum absolute atomic E-state index is 0.840. The third kappa shape index (κ3) is 2.76. The summed E-state index contributed by atoms with van der Waals surface area (Å²) in [5.41, 5.74) is 5.63. The lowest BCUT2D eigenvalue weighted by molar-refractivity contribution is 0.153. The van der Waals surface area contributed by atoms with E-state index < -0.39 is 0 Å². The molecule has 0 aromatic heterocycles. The van der Waals surface area contributed by atoms with Gasteiger partial charge in [-0.25, -0.2) is 0 Å². The Morgan fingerprint density at radius 1 is 1.25 bits per heavy atom. The van der Waals surface area contributed by atoms with Gasteiger partial charge in [0.1, 0.15) is 0 Å². The van der Waals surface area contributed by atoms with Crippen molar-refractivity contribution in [3.05, 3.63) is 0 Å². The van der Waals surface area contributed by atoms with Crippen LogP contribution in [0.4, 0.5) is 0 Å². The van der Waals surface area contributed by atoms with Gasteiger partial charge in [-0.05, 0) is 37.6 Å². The molecule has 1 fully saturated rings.